The van der Waals surface area contributed by atoms with Crippen LogP contribution in [-0.2, 0) is 19.4 Å². The van der Waals surface area contributed by atoms with Gasteiger partial charge in [-0.3, -0.25) is 9.59 Å². The van der Waals surface area contributed by atoms with Gasteiger partial charge in [0.1, 0.15) is 9.84 Å². The van der Waals surface area contributed by atoms with E-state index in [0.29, 0.717) is 31.7 Å². The fraction of sp³-hybridized carbons (Fsp3) is 0.818. The molecule has 1 aliphatic rings. The molecule has 19 heavy (non-hydrogen) atoms. The van der Waals surface area contributed by atoms with Gasteiger partial charge in [-0.05, 0) is 12.8 Å². The summed E-state index contributed by atoms with van der Waals surface area (Å²) >= 11 is 1.30. The minimum absolute atomic E-state index is 0.0395. The number of nitrogens with zero attached hydrogens (tertiary/aromatic N) is 1. The molecule has 110 valence electrons. The average Bonchev–Trinajstić information content (AvgIpc) is 2.33. The van der Waals surface area contributed by atoms with Crippen LogP contribution < -0.4 is 0 Å². The topological polar surface area (TPSA) is 91.8 Å². The number of aliphatic carboxylic acids is 1. The molecule has 0 saturated carbocycles. The van der Waals surface area contributed by atoms with Gasteiger partial charge in [-0.1, -0.05) is 0 Å². The van der Waals surface area contributed by atoms with E-state index < -0.39 is 15.8 Å². The van der Waals surface area contributed by atoms with Crippen LogP contribution in [0.3, 0.4) is 0 Å². The molecular formula is C11H19NO5S2. The quantitative estimate of drug-likeness (QED) is 0.699. The predicted molar refractivity (Wildman–Crippen MR) is 74.0 cm³/mol. The molecule has 6 nitrogen and oxygen atoms in total. The second-order valence-corrected chi connectivity index (χ2v) is 8.04. The standard InChI is InChI=1S/C11H19NO5S2/c1-19(16,17)7-6-18-8-10(13)12-4-2-9(3-5-12)11(14)15/h9H,2-8H2,1H3,(H,14,15). The molecule has 0 aromatic carbocycles. The van der Waals surface area contributed by atoms with Crippen LogP contribution >= 0.6 is 11.8 Å². The molecule has 8 heteroatoms. The summed E-state index contributed by atoms with van der Waals surface area (Å²) in [5.74, 6) is -0.436. The Balaban J connectivity index is 2.23. The van der Waals surface area contributed by atoms with E-state index in [2.05, 4.69) is 0 Å². The van der Waals surface area contributed by atoms with Gasteiger partial charge < -0.3 is 10.0 Å². The molecule has 0 aromatic rings. The maximum absolute atomic E-state index is 11.8. The first-order valence-electron chi connectivity index (χ1n) is 6.05. The van der Waals surface area contributed by atoms with Crippen molar-refractivity contribution in [1.82, 2.24) is 4.90 Å². The minimum Gasteiger partial charge on any atom is -0.481 e. The Labute approximate surface area is 117 Å². The second-order valence-electron chi connectivity index (χ2n) is 4.68. The maximum Gasteiger partial charge on any atom is 0.306 e. The average molecular weight is 309 g/mol. The Hall–Kier alpha value is -0.760. The number of hydrogen-bond donors (Lipinski definition) is 1. The lowest BCUT2D eigenvalue weighted by atomic mass is 9.97. The minimum atomic E-state index is -2.97. The van der Waals surface area contributed by atoms with Gasteiger partial charge in [0.15, 0.2) is 0 Å². The number of piperidine rings is 1. The highest BCUT2D eigenvalue weighted by Gasteiger charge is 2.26. The normalized spacial score (nSPS) is 17.4. The van der Waals surface area contributed by atoms with E-state index in [0.717, 1.165) is 0 Å². The molecule has 1 saturated heterocycles. The lowest BCUT2D eigenvalue weighted by molar-refractivity contribution is -0.145. The van der Waals surface area contributed by atoms with E-state index in [-0.39, 0.29) is 23.3 Å². The summed E-state index contributed by atoms with van der Waals surface area (Å²) in [5, 5.41) is 8.85. The molecule has 0 spiro atoms. The van der Waals surface area contributed by atoms with Crippen molar-refractivity contribution in [3.05, 3.63) is 0 Å². The lowest BCUT2D eigenvalue weighted by Crippen LogP contribution is -2.41. The van der Waals surface area contributed by atoms with Gasteiger partial charge in [0.25, 0.3) is 0 Å². The van der Waals surface area contributed by atoms with E-state index in [9.17, 15) is 18.0 Å². The van der Waals surface area contributed by atoms with Crippen LogP contribution in [0.5, 0.6) is 0 Å². The molecule has 0 radical (unpaired) electrons. The number of carbonyl (C=O) groups is 2. The van der Waals surface area contributed by atoms with Crippen LogP contribution in [0.15, 0.2) is 0 Å². The Morgan fingerprint density at radius 3 is 2.37 bits per heavy atom. The molecule has 1 aliphatic heterocycles. The number of carboxylic acids is 1. The summed E-state index contributed by atoms with van der Waals surface area (Å²) in [6.45, 7) is 0.949. The van der Waals surface area contributed by atoms with Crippen molar-refractivity contribution in [3.63, 3.8) is 0 Å². The van der Waals surface area contributed by atoms with Gasteiger partial charge in [0.2, 0.25) is 5.91 Å². The zero-order valence-corrected chi connectivity index (χ0v) is 12.5. The van der Waals surface area contributed by atoms with Crippen molar-refractivity contribution in [2.75, 3.05) is 36.6 Å². The van der Waals surface area contributed by atoms with Gasteiger partial charge in [0.05, 0.1) is 17.4 Å². The number of hydrogen-bond acceptors (Lipinski definition) is 5. The molecule has 0 aromatic heterocycles. The van der Waals surface area contributed by atoms with Gasteiger partial charge in [0, 0.05) is 25.1 Å². The molecule has 0 unspecified atom stereocenters. The smallest absolute Gasteiger partial charge is 0.306 e. The van der Waals surface area contributed by atoms with Crippen molar-refractivity contribution in [2.24, 2.45) is 5.92 Å². The van der Waals surface area contributed by atoms with Crippen molar-refractivity contribution in [3.8, 4) is 0 Å². The zero-order valence-electron chi connectivity index (χ0n) is 10.9. The van der Waals surface area contributed by atoms with Crippen LogP contribution in [0, 0.1) is 5.92 Å². The Morgan fingerprint density at radius 2 is 1.89 bits per heavy atom. The summed E-state index contributed by atoms with van der Waals surface area (Å²) in [6.07, 6.45) is 2.16. The predicted octanol–water partition coefficient (Wildman–Crippen LogP) is 0.0874. The first-order chi connectivity index (χ1) is 8.79. The third kappa shape index (κ3) is 6.29. The number of thioether (sulfide) groups is 1. The van der Waals surface area contributed by atoms with Crippen LogP contribution in [0.25, 0.3) is 0 Å². The van der Waals surface area contributed by atoms with Gasteiger partial charge in [-0.2, -0.15) is 11.8 Å². The third-order valence-electron chi connectivity index (χ3n) is 3.02. The molecular weight excluding hydrogens is 290 g/mol. The van der Waals surface area contributed by atoms with E-state index >= 15 is 0 Å². The maximum atomic E-state index is 11.8. The SMILES string of the molecule is CS(=O)(=O)CCSCC(=O)N1CCC(C(=O)O)CC1. The highest BCUT2D eigenvalue weighted by molar-refractivity contribution is 8.01. The van der Waals surface area contributed by atoms with Crippen molar-refractivity contribution in [1.29, 1.82) is 0 Å². The van der Waals surface area contributed by atoms with E-state index in [1.807, 2.05) is 0 Å². The van der Waals surface area contributed by atoms with Crippen molar-refractivity contribution < 1.29 is 23.1 Å². The summed E-state index contributed by atoms with van der Waals surface area (Å²) in [7, 11) is -2.97. The third-order valence-corrected chi connectivity index (χ3v) is 5.17. The Morgan fingerprint density at radius 1 is 1.32 bits per heavy atom. The highest BCUT2D eigenvalue weighted by atomic mass is 32.2. The number of amides is 1. The largest absolute Gasteiger partial charge is 0.481 e. The fourth-order valence-corrected chi connectivity index (χ4v) is 4.02. The molecule has 1 rings (SSSR count). The summed E-state index contributed by atoms with van der Waals surface area (Å²) in [5.41, 5.74) is 0. The first-order valence-corrected chi connectivity index (χ1v) is 9.27. The number of carbonyl (C=O) groups excluding carboxylic acids is 1. The Bertz CT molecular complexity index is 426. The second kappa shape index (κ2) is 7.14. The van der Waals surface area contributed by atoms with Gasteiger partial charge >= 0.3 is 5.97 Å². The lowest BCUT2D eigenvalue weighted by Gasteiger charge is -2.30. The number of carboxylic acid groups (broad SMARTS) is 1. The molecule has 1 heterocycles. The number of rotatable bonds is 6. The van der Waals surface area contributed by atoms with Gasteiger partial charge in [-0.25, -0.2) is 8.42 Å². The summed E-state index contributed by atoms with van der Waals surface area (Å²) in [4.78, 5) is 24.2. The first kappa shape index (κ1) is 16.3. The monoisotopic (exact) mass is 309 g/mol. The molecule has 0 aliphatic carbocycles. The van der Waals surface area contributed by atoms with E-state index in [4.69, 9.17) is 5.11 Å². The van der Waals surface area contributed by atoms with Crippen LogP contribution in [0.4, 0.5) is 0 Å². The van der Waals surface area contributed by atoms with Crippen LogP contribution in [0.2, 0.25) is 0 Å². The zero-order chi connectivity index (χ0) is 14.5. The van der Waals surface area contributed by atoms with Gasteiger partial charge in [-0.15, -0.1) is 0 Å². The molecule has 0 atom stereocenters. The summed E-state index contributed by atoms with van der Waals surface area (Å²) < 4.78 is 21.8. The fourth-order valence-electron chi connectivity index (χ4n) is 1.84. The molecule has 1 fully saturated rings. The van der Waals surface area contributed by atoms with E-state index in [1.54, 1.807) is 4.90 Å². The number of likely N-dealkylation sites (tertiary alicyclic amines) is 1. The Kier molecular flexibility index (Phi) is 6.12. The van der Waals surface area contributed by atoms with Crippen molar-refractivity contribution in [2.45, 2.75) is 12.8 Å². The van der Waals surface area contributed by atoms with Crippen LogP contribution in [-0.4, -0.2) is 66.9 Å². The molecule has 1 N–H and O–H groups in total. The highest BCUT2D eigenvalue weighted by Crippen LogP contribution is 2.18. The van der Waals surface area contributed by atoms with Crippen molar-refractivity contribution >= 4 is 33.5 Å². The summed E-state index contributed by atoms with van der Waals surface area (Å²) in [6, 6.07) is 0. The van der Waals surface area contributed by atoms with E-state index in [1.165, 1.54) is 18.0 Å². The molecule has 1 amide bonds. The number of sulfone groups is 1. The molecule has 0 bridgehead atoms. The van der Waals surface area contributed by atoms with Crippen LogP contribution in [0.1, 0.15) is 12.8 Å².